The van der Waals surface area contributed by atoms with Crippen molar-refractivity contribution in [3.63, 3.8) is 0 Å². The molecule has 2 heterocycles. The first-order chi connectivity index (χ1) is 8.20. The molecule has 0 amide bonds. The van der Waals surface area contributed by atoms with Crippen LogP contribution in [-0.2, 0) is 4.74 Å². The van der Waals surface area contributed by atoms with Crippen LogP contribution in [0.2, 0.25) is 5.28 Å². The highest BCUT2D eigenvalue weighted by atomic mass is 35.5. The highest BCUT2D eigenvalue weighted by molar-refractivity contribution is 6.28. The van der Waals surface area contributed by atoms with Crippen LogP contribution >= 0.6 is 11.6 Å². The van der Waals surface area contributed by atoms with Gasteiger partial charge in [0.15, 0.2) is 11.6 Å². The first-order valence-electron chi connectivity index (χ1n) is 5.12. The normalized spacial score (nSPS) is 24.1. The molecule has 90 valence electrons. The summed E-state index contributed by atoms with van der Waals surface area (Å²) in [5.41, 5.74) is 0. The maximum absolute atomic E-state index is 13.4. The number of rotatable bonds is 2. The highest BCUT2D eigenvalue weighted by Crippen LogP contribution is 2.20. The summed E-state index contributed by atoms with van der Waals surface area (Å²) in [6.45, 7) is 0.892. The molecule has 1 aromatic heterocycles. The van der Waals surface area contributed by atoms with E-state index in [-0.39, 0.29) is 23.1 Å². The summed E-state index contributed by atoms with van der Waals surface area (Å²) in [5.74, 6) is -0.825. The highest BCUT2D eigenvalue weighted by Gasteiger charge is 2.26. The van der Waals surface area contributed by atoms with Gasteiger partial charge in [0.2, 0.25) is 5.28 Å². The number of anilines is 1. The van der Waals surface area contributed by atoms with Gasteiger partial charge >= 0.3 is 0 Å². The van der Waals surface area contributed by atoms with Crippen molar-refractivity contribution in [1.29, 1.82) is 5.26 Å². The fourth-order valence-corrected chi connectivity index (χ4v) is 1.79. The molecule has 1 aliphatic rings. The van der Waals surface area contributed by atoms with E-state index >= 15 is 0 Å². The van der Waals surface area contributed by atoms with E-state index in [2.05, 4.69) is 21.4 Å². The van der Waals surface area contributed by atoms with Crippen LogP contribution in [0, 0.1) is 23.1 Å². The number of hydrogen-bond acceptors (Lipinski definition) is 5. The third-order valence-corrected chi connectivity index (χ3v) is 2.74. The topological polar surface area (TPSA) is 70.8 Å². The molecular formula is C10H10ClFN4O. The van der Waals surface area contributed by atoms with Gasteiger partial charge in [-0.2, -0.15) is 10.2 Å². The molecule has 1 fully saturated rings. The van der Waals surface area contributed by atoms with Crippen molar-refractivity contribution in [2.75, 3.05) is 18.5 Å². The van der Waals surface area contributed by atoms with Gasteiger partial charge in [0.25, 0.3) is 0 Å². The second kappa shape index (κ2) is 5.25. The second-order valence-electron chi connectivity index (χ2n) is 3.69. The van der Waals surface area contributed by atoms with Crippen molar-refractivity contribution >= 4 is 17.4 Å². The lowest BCUT2D eigenvalue weighted by Crippen LogP contribution is -2.38. The van der Waals surface area contributed by atoms with Gasteiger partial charge in [-0.1, -0.05) is 0 Å². The third-order valence-electron chi connectivity index (χ3n) is 2.56. The van der Waals surface area contributed by atoms with Crippen LogP contribution in [0.25, 0.3) is 0 Å². The molecule has 0 spiro atoms. The Morgan fingerprint density at radius 3 is 3.24 bits per heavy atom. The SMILES string of the molecule is N#C[C@@H]1CCOC[C@H]1Nc1nc(Cl)ncc1F. The minimum atomic E-state index is -0.600. The van der Waals surface area contributed by atoms with E-state index in [1.165, 1.54) is 0 Å². The largest absolute Gasteiger partial charge is 0.379 e. The molecule has 1 aliphatic heterocycles. The predicted octanol–water partition coefficient (Wildman–Crippen LogP) is 1.61. The van der Waals surface area contributed by atoms with Crippen molar-refractivity contribution < 1.29 is 9.13 Å². The average molecular weight is 257 g/mol. The van der Waals surface area contributed by atoms with Crippen molar-refractivity contribution in [1.82, 2.24) is 9.97 Å². The summed E-state index contributed by atoms with van der Waals surface area (Å²) in [6, 6.07) is 1.88. The van der Waals surface area contributed by atoms with Gasteiger partial charge in [0.05, 0.1) is 30.8 Å². The van der Waals surface area contributed by atoms with E-state index in [1.807, 2.05) is 0 Å². The van der Waals surface area contributed by atoms with Gasteiger partial charge in [-0.05, 0) is 18.0 Å². The Morgan fingerprint density at radius 1 is 1.65 bits per heavy atom. The van der Waals surface area contributed by atoms with Crippen LogP contribution in [0.5, 0.6) is 0 Å². The molecule has 7 heteroatoms. The van der Waals surface area contributed by atoms with Crippen molar-refractivity contribution in [2.45, 2.75) is 12.5 Å². The maximum Gasteiger partial charge on any atom is 0.224 e. The minimum absolute atomic E-state index is 0.000694. The van der Waals surface area contributed by atoms with Crippen LogP contribution in [-0.4, -0.2) is 29.2 Å². The first kappa shape index (κ1) is 12.0. The maximum atomic E-state index is 13.4. The molecule has 1 saturated heterocycles. The van der Waals surface area contributed by atoms with Gasteiger partial charge in [0, 0.05) is 6.61 Å². The molecule has 17 heavy (non-hydrogen) atoms. The Bertz CT molecular complexity index is 450. The van der Waals surface area contributed by atoms with E-state index in [0.717, 1.165) is 6.20 Å². The van der Waals surface area contributed by atoms with Gasteiger partial charge in [-0.3, -0.25) is 0 Å². The number of aromatic nitrogens is 2. The zero-order chi connectivity index (χ0) is 12.3. The lowest BCUT2D eigenvalue weighted by Gasteiger charge is -2.28. The molecule has 0 saturated carbocycles. The van der Waals surface area contributed by atoms with Gasteiger partial charge in [-0.25, -0.2) is 9.37 Å². The third kappa shape index (κ3) is 2.81. The molecule has 0 radical (unpaired) electrons. The minimum Gasteiger partial charge on any atom is -0.379 e. The summed E-state index contributed by atoms with van der Waals surface area (Å²) in [4.78, 5) is 7.25. The van der Waals surface area contributed by atoms with Crippen LogP contribution < -0.4 is 5.32 Å². The zero-order valence-corrected chi connectivity index (χ0v) is 9.62. The summed E-state index contributed by atoms with van der Waals surface area (Å²) in [7, 11) is 0. The van der Waals surface area contributed by atoms with Crippen LogP contribution in [0.4, 0.5) is 10.2 Å². The predicted molar refractivity (Wildman–Crippen MR) is 58.9 cm³/mol. The molecule has 2 atom stereocenters. The number of ether oxygens (including phenoxy) is 1. The standard InChI is InChI=1S/C10H10ClFN4O/c11-10-14-4-7(12)9(16-10)15-8-5-17-2-1-6(8)3-13/h4,6,8H,1-2,5H2,(H,14,15,16)/t6-,8+/m0/s1. The van der Waals surface area contributed by atoms with Gasteiger partial charge in [0.1, 0.15) is 0 Å². The Kier molecular flexibility index (Phi) is 3.71. The molecule has 1 N–H and O–H groups in total. The molecule has 1 aromatic rings. The Morgan fingerprint density at radius 2 is 2.47 bits per heavy atom. The fourth-order valence-electron chi connectivity index (χ4n) is 1.66. The fraction of sp³-hybridized carbons (Fsp3) is 0.500. The molecule has 0 unspecified atom stereocenters. The summed E-state index contributed by atoms with van der Waals surface area (Å²) < 4.78 is 18.6. The zero-order valence-electron chi connectivity index (χ0n) is 8.86. The number of nitriles is 1. The van der Waals surface area contributed by atoms with E-state index in [1.54, 1.807) is 0 Å². The summed E-state index contributed by atoms with van der Waals surface area (Å²) in [5, 5.41) is 11.8. The molecule has 5 nitrogen and oxygen atoms in total. The molecule has 0 bridgehead atoms. The molecular weight excluding hydrogens is 247 g/mol. The van der Waals surface area contributed by atoms with Crippen molar-refractivity contribution in [3.8, 4) is 6.07 Å². The second-order valence-corrected chi connectivity index (χ2v) is 4.02. The quantitative estimate of drug-likeness (QED) is 0.814. The van der Waals surface area contributed by atoms with Crippen LogP contribution in [0.3, 0.4) is 0 Å². The van der Waals surface area contributed by atoms with E-state index in [0.29, 0.717) is 19.6 Å². The molecule has 2 rings (SSSR count). The van der Waals surface area contributed by atoms with Gasteiger partial charge < -0.3 is 10.1 Å². The first-order valence-corrected chi connectivity index (χ1v) is 5.50. The number of halogens is 2. The monoisotopic (exact) mass is 256 g/mol. The molecule has 0 aliphatic carbocycles. The Hall–Kier alpha value is -1.45. The van der Waals surface area contributed by atoms with E-state index in [9.17, 15) is 4.39 Å². The van der Waals surface area contributed by atoms with Crippen LogP contribution in [0.15, 0.2) is 6.20 Å². The number of hydrogen-bond donors (Lipinski definition) is 1. The lowest BCUT2D eigenvalue weighted by molar-refractivity contribution is 0.0697. The lowest BCUT2D eigenvalue weighted by atomic mass is 9.96. The van der Waals surface area contributed by atoms with E-state index in [4.69, 9.17) is 21.6 Å². The molecule has 0 aromatic carbocycles. The van der Waals surface area contributed by atoms with E-state index < -0.39 is 5.82 Å². The Labute approximate surface area is 103 Å². The van der Waals surface area contributed by atoms with Gasteiger partial charge in [-0.15, -0.1) is 0 Å². The summed E-state index contributed by atoms with van der Waals surface area (Å²) in [6.07, 6.45) is 1.61. The smallest absolute Gasteiger partial charge is 0.224 e. The Balaban J connectivity index is 2.14. The van der Waals surface area contributed by atoms with Crippen molar-refractivity contribution in [3.05, 3.63) is 17.3 Å². The van der Waals surface area contributed by atoms with Crippen molar-refractivity contribution in [2.24, 2.45) is 5.92 Å². The average Bonchev–Trinajstić information content (AvgIpc) is 2.34. The summed E-state index contributed by atoms with van der Waals surface area (Å²) >= 11 is 5.58. The number of nitrogens with zero attached hydrogens (tertiary/aromatic N) is 3. The number of nitrogens with one attached hydrogen (secondary N) is 1. The van der Waals surface area contributed by atoms with Crippen LogP contribution in [0.1, 0.15) is 6.42 Å².